The summed E-state index contributed by atoms with van der Waals surface area (Å²) in [5.74, 6) is 0. The molecule has 5 nitrogen and oxygen atoms in total. The van der Waals surface area contributed by atoms with Crippen LogP contribution in [0.4, 0.5) is 16.2 Å². The first-order chi connectivity index (χ1) is 9.67. The van der Waals surface area contributed by atoms with Gasteiger partial charge in [0.1, 0.15) is 5.60 Å². The van der Waals surface area contributed by atoms with Gasteiger partial charge in [-0.2, -0.15) is 0 Å². The molecular formula is C16H27N3O2. The van der Waals surface area contributed by atoms with Crippen LogP contribution in [-0.2, 0) is 4.74 Å². The molecule has 0 fully saturated rings. The van der Waals surface area contributed by atoms with E-state index >= 15 is 0 Å². The van der Waals surface area contributed by atoms with Crippen LogP contribution in [-0.4, -0.2) is 38.4 Å². The first-order valence-corrected chi connectivity index (χ1v) is 7.18. The van der Waals surface area contributed by atoms with Gasteiger partial charge in [0.05, 0.1) is 0 Å². The number of alkyl carbamates (subject to hydrolysis) is 1. The molecule has 5 heteroatoms. The van der Waals surface area contributed by atoms with Crippen molar-refractivity contribution in [3.8, 4) is 0 Å². The third-order valence-corrected chi connectivity index (χ3v) is 2.75. The predicted molar refractivity (Wildman–Crippen MR) is 88.1 cm³/mol. The number of hydrogen-bond acceptors (Lipinski definition) is 4. The van der Waals surface area contributed by atoms with Gasteiger partial charge in [-0.15, -0.1) is 0 Å². The number of hydrogen-bond donors (Lipinski definition) is 2. The summed E-state index contributed by atoms with van der Waals surface area (Å²) in [4.78, 5) is 13.6. The van der Waals surface area contributed by atoms with Crippen LogP contribution in [0.2, 0.25) is 0 Å². The van der Waals surface area contributed by atoms with Crippen LogP contribution in [0.5, 0.6) is 0 Å². The lowest BCUT2D eigenvalue weighted by Crippen LogP contribution is -2.38. The maximum absolute atomic E-state index is 11.6. The van der Waals surface area contributed by atoms with E-state index in [9.17, 15) is 4.79 Å². The molecule has 21 heavy (non-hydrogen) atoms. The molecule has 1 aromatic rings. The molecular weight excluding hydrogens is 266 g/mol. The van der Waals surface area contributed by atoms with Crippen molar-refractivity contribution in [2.45, 2.75) is 39.3 Å². The van der Waals surface area contributed by atoms with E-state index in [1.807, 2.05) is 53.9 Å². The number of carbonyl (C=O) groups excluding carboxylic acids is 1. The van der Waals surface area contributed by atoms with Crippen LogP contribution < -0.4 is 15.5 Å². The molecule has 1 aromatic carbocycles. The molecule has 1 rings (SSSR count). The minimum absolute atomic E-state index is 0.114. The second-order valence-corrected chi connectivity index (χ2v) is 6.37. The van der Waals surface area contributed by atoms with Crippen LogP contribution in [0.3, 0.4) is 0 Å². The molecule has 0 radical (unpaired) electrons. The van der Waals surface area contributed by atoms with Crippen LogP contribution in [0.1, 0.15) is 27.7 Å². The monoisotopic (exact) mass is 293 g/mol. The van der Waals surface area contributed by atoms with E-state index in [1.54, 1.807) is 0 Å². The van der Waals surface area contributed by atoms with Gasteiger partial charge in [0.15, 0.2) is 0 Å². The van der Waals surface area contributed by atoms with Crippen LogP contribution in [0, 0.1) is 0 Å². The van der Waals surface area contributed by atoms with Crippen molar-refractivity contribution < 1.29 is 9.53 Å². The smallest absolute Gasteiger partial charge is 0.407 e. The normalized spacial score (nSPS) is 12.5. The summed E-state index contributed by atoms with van der Waals surface area (Å²) in [6, 6.07) is 8.27. The van der Waals surface area contributed by atoms with Gasteiger partial charge in [-0.3, -0.25) is 0 Å². The standard InChI is InChI=1S/C16H27N3O2/c1-12(11-17-15(20)21-16(2,3)4)18-13-7-9-14(10-8-13)19(5)6/h7-10,12,18H,11H2,1-6H3,(H,17,20). The summed E-state index contributed by atoms with van der Waals surface area (Å²) in [6.07, 6.45) is -0.390. The molecule has 2 N–H and O–H groups in total. The van der Waals surface area contributed by atoms with Gasteiger partial charge in [-0.05, 0) is 52.0 Å². The summed E-state index contributed by atoms with van der Waals surface area (Å²) in [5, 5.41) is 6.09. The molecule has 0 aromatic heterocycles. The maximum atomic E-state index is 11.6. The third-order valence-electron chi connectivity index (χ3n) is 2.75. The molecule has 0 bridgehead atoms. The molecule has 0 heterocycles. The fraction of sp³-hybridized carbons (Fsp3) is 0.562. The highest BCUT2D eigenvalue weighted by Crippen LogP contribution is 2.16. The van der Waals surface area contributed by atoms with E-state index in [0.29, 0.717) is 6.54 Å². The summed E-state index contributed by atoms with van der Waals surface area (Å²) in [5.41, 5.74) is 1.71. The van der Waals surface area contributed by atoms with Crippen LogP contribution in [0.15, 0.2) is 24.3 Å². The highest BCUT2D eigenvalue weighted by Gasteiger charge is 2.16. The van der Waals surface area contributed by atoms with Crippen molar-refractivity contribution in [2.24, 2.45) is 0 Å². The van der Waals surface area contributed by atoms with E-state index < -0.39 is 5.60 Å². The summed E-state index contributed by atoms with van der Waals surface area (Å²) in [6.45, 7) is 8.06. The summed E-state index contributed by atoms with van der Waals surface area (Å²) in [7, 11) is 4.02. The average Bonchev–Trinajstić information content (AvgIpc) is 2.35. The molecule has 1 amide bonds. The van der Waals surface area contributed by atoms with E-state index in [4.69, 9.17) is 4.74 Å². The van der Waals surface area contributed by atoms with E-state index in [2.05, 4.69) is 27.7 Å². The first-order valence-electron chi connectivity index (χ1n) is 7.18. The van der Waals surface area contributed by atoms with Gasteiger partial charge < -0.3 is 20.3 Å². The Hall–Kier alpha value is -1.91. The summed E-state index contributed by atoms with van der Waals surface area (Å²) >= 11 is 0. The molecule has 0 saturated heterocycles. The van der Waals surface area contributed by atoms with Crippen molar-refractivity contribution in [1.29, 1.82) is 0 Å². The van der Waals surface area contributed by atoms with Gasteiger partial charge >= 0.3 is 6.09 Å². The predicted octanol–water partition coefficient (Wildman–Crippen LogP) is 3.08. The number of amides is 1. The number of nitrogens with zero attached hydrogens (tertiary/aromatic N) is 1. The minimum atomic E-state index is -0.469. The Bertz CT molecular complexity index is 450. The number of nitrogens with one attached hydrogen (secondary N) is 2. The zero-order valence-corrected chi connectivity index (χ0v) is 13.9. The zero-order valence-electron chi connectivity index (χ0n) is 13.9. The van der Waals surface area contributed by atoms with Crippen molar-refractivity contribution in [1.82, 2.24) is 5.32 Å². The Balaban J connectivity index is 2.40. The number of ether oxygens (including phenoxy) is 1. The fourth-order valence-electron chi connectivity index (χ4n) is 1.74. The Morgan fingerprint density at radius 3 is 2.29 bits per heavy atom. The average molecular weight is 293 g/mol. The Labute approximate surface area is 127 Å². The zero-order chi connectivity index (χ0) is 16.0. The molecule has 0 aliphatic carbocycles. The lowest BCUT2D eigenvalue weighted by molar-refractivity contribution is 0.0526. The Morgan fingerprint density at radius 1 is 1.24 bits per heavy atom. The van der Waals surface area contributed by atoms with Gasteiger partial charge in [0.25, 0.3) is 0 Å². The van der Waals surface area contributed by atoms with Crippen LogP contribution in [0.25, 0.3) is 0 Å². The lowest BCUT2D eigenvalue weighted by Gasteiger charge is -2.21. The van der Waals surface area contributed by atoms with E-state index in [1.165, 1.54) is 0 Å². The van der Waals surface area contributed by atoms with Gasteiger partial charge in [-0.25, -0.2) is 4.79 Å². The van der Waals surface area contributed by atoms with E-state index in [0.717, 1.165) is 11.4 Å². The molecule has 1 atom stereocenters. The highest BCUT2D eigenvalue weighted by molar-refractivity contribution is 5.67. The quantitative estimate of drug-likeness (QED) is 0.876. The van der Waals surface area contributed by atoms with Gasteiger partial charge in [0.2, 0.25) is 0 Å². The second kappa shape index (κ2) is 7.20. The molecule has 0 aliphatic rings. The van der Waals surface area contributed by atoms with Crippen molar-refractivity contribution in [3.63, 3.8) is 0 Å². The fourth-order valence-corrected chi connectivity index (χ4v) is 1.74. The number of benzene rings is 1. The van der Waals surface area contributed by atoms with Crippen LogP contribution >= 0.6 is 0 Å². The van der Waals surface area contributed by atoms with E-state index in [-0.39, 0.29) is 12.1 Å². The topological polar surface area (TPSA) is 53.6 Å². The lowest BCUT2D eigenvalue weighted by atomic mass is 10.2. The number of carbonyl (C=O) groups is 1. The molecule has 0 aliphatic heterocycles. The highest BCUT2D eigenvalue weighted by atomic mass is 16.6. The number of anilines is 2. The first kappa shape index (κ1) is 17.1. The Morgan fingerprint density at radius 2 is 1.81 bits per heavy atom. The largest absolute Gasteiger partial charge is 0.444 e. The molecule has 1 unspecified atom stereocenters. The van der Waals surface area contributed by atoms with Gasteiger partial charge in [0, 0.05) is 38.1 Å². The Kier molecular flexibility index (Phi) is 5.88. The second-order valence-electron chi connectivity index (χ2n) is 6.37. The molecule has 118 valence electrons. The number of rotatable bonds is 5. The minimum Gasteiger partial charge on any atom is -0.444 e. The summed E-state index contributed by atoms with van der Waals surface area (Å²) < 4.78 is 5.20. The van der Waals surface area contributed by atoms with Crippen molar-refractivity contribution >= 4 is 17.5 Å². The third kappa shape index (κ3) is 6.88. The molecule has 0 saturated carbocycles. The van der Waals surface area contributed by atoms with Gasteiger partial charge in [-0.1, -0.05) is 0 Å². The SMILES string of the molecule is CC(CNC(=O)OC(C)(C)C)Nc1ccc(N(C)C)cc1. The van der Waals surface area contributed by atoms with Crippen molar-refractivity contribution in [3.05, 3.63) is 24.3 Å². The molecule has 0 spiro atoms. The van der Waals surface area contributed by atoms with Crippen molar-refractivity contribution in [2.75, 3.05) is 30.9 Å². The maximum Gasteiger partial charge on any atom is 0.407 e.